The molecule has 5 nitrogen and oxygen atoms in total. The van der Waals surface area contributed by atoms with Gasteiger partial charge in [0.05, 0.1) is 5.56 Å². The van der Waals surface area contributed by atoms with Crippen molar-refractivity contribution in [1.29, 1.82) is 0 Å². The predicted molar refractivity (Wildman–Crippen MR) is 86.7 cm³/mol. The van der Waals surface area contributed by atoms with Gasteiger partial charge in [-0.1, -0.05) is 0 Å². The number of phenolic OH excluding ortho intramolecular Hbond substituents is 1. The van der Waals surface area contributed by atoms with Gasteiger partial charge in [0, 0.05) is 23.7 Å². The van der Waals surface area contributed by atoms with Crippen LogP contribution in [0.25, 0.3) is 0 Å². The molecule has 0 radical (unpaired) electrons. The number of ether oxygens (including phenoxy) is 1. The molecule has 1 aliphatic heterocycles. The summed E-state index contributed by atoms with van der Waals surface area (Å²) in [7, 11) is 0. The number of rotatable bonds is 4. The van der Waals surface area contributed by atoms with Crippen LogP contribution in [0.5, 0.6) is 11.6 Å². The van der Waals surface area contributed by atoms with Crippen LogP contribution in [0.15, 0.2) is 42.6 Å². The normalized spacial score (nSPS) is 17.2. The number of hydrogen-bond donors (Lipinski definition) is 2. The van der Waals surface area contributed by atoms with Crippen LogP contribution in [0.3, 0.4) is 0 Å². The van der Waals surface area contributed by atoms with Crippen LogP contribution in [0.4, 0.5) is 5.69 Å². The zero-order valence-corrected chi connectivity index (χ0v) is 12.7. The number of phenols is 1. The molecule has 22 heavy (non-hydrogen) atoms. The minimum atomic E-state index is -0.249. The average molecular weight is 316 g/mol. The molecule has 2 heterocycles. The fourth-order valence-corrected chi connectivity index (χ4v) is 3.20. The van der Waals surface area contributed by atoms with Crippen molar-refractivity contribution in [2.75, 3.05) is 16.8 Å². The van der Waals surface area contributed by atoms with Gasteiger partial charge < -0.3 is 15.2 Å². The number of hydrogen-bond acceptors (Lipinski definition) is 5. The Bertz CT molecular complexity index is 637. The molecular formula is C16H16N2O3S. The molecular weight excluding hydrogens is 300 g/mol. The van der Waals surface area contributed by atoms with Crippen LogP contribution in [-0.2, 0) is 0 Å². The summed E-state index contributed by atoms with van der Waals surface area (Å²) in [6.07, 6.45) is 2.76. The summed E-state index contributed by atoms with van der Waals surface area (Å²) in [5.41, 5.74) is 1.08. The number of aromatic hydroxyl groups is 1. The number of carbonyl (C=O) groups excluding carboxylic acids is 1. The van der Waals surface area contributed by atoms with Crippen molar-refractivity contribution in [3.05, 3.63) is 48.2 Å². The van der Waals surface area contributed by atoms with Gasteiger partial charge in [-0.05, 0) is 42.5 Å². The molecule has 1 aromatic carbocycles. The van der Waals surface area contributed by atoms with Gasteiger partial charge in [0.15, 0.2) is 0 Å². The Morgan fingerprint density at radius 1 is 1.27 bits per heavy atom. The average Bonchev–Trinajstić information content (AvgIpc) is 3.03. The topological polar surface area (TPSA) is 71.5 Å². The van der Waals surface area contributed by atoms with Gasteiger partial charge in [-0.15, -0.1) is 0 Å². The number of amides is 1. The summed E-state index contributed by atoms with van der Waals surface area (Å²) in [5.74, 6) is 2.57. The molecule has 1 amide bonds. The van der Waals surface area contributed by atoms with Crippen molar-refractivity contribution >= 4 is 23.4 Å². The Balaban J connectivity index is 1.61. The zero-order valence-electron chi connectivity index (χ0n) is 11.9. The van der Waals surface area contributed by atoms with Gasteiger partial charge in [-0.25, -0.2) is 4.98 Å². The lowest BCUT2D eigenvalue weighted by Crippen LogP contribution is -2.16. The molecule has 0 spiro atoms. The van der Waals surface area contributed by atoms with E-state index in [0.29, 0.717) is 17.1 Å². The summed E-state index contributed by atoms with van der Waals surface area (Å²) in [6, 6.07) is 9.72. The number of benzene rings is 1. The van der Waals surface area contributed by atoms with Crippen molar-refractivity contribution in [2.45, 2.75) is 12.5 Å². The van der Waals surface area contributed by atoms with Gasteiger partial charge in [-0.2, -0.15) is 11.8 Å². The van der Waals surface area contributed by atoms with E-state index in [-0.39, 0.29) is 17.8 Å². The van der Waals surface area contributed by atoms with Gasteiger partial charge in [-0.3, -0.25) is 4.79 Å². The third-order valence-electron chi connectivity index (χ3n) is 3.30. The first-order chi connectivity index (χ1) is 10.7. The van der Waals surface area contributed by atoms with Crippen molar-refractivity contribution in [1.82, 2.24) is 4.98 Å². The smallest absolute Gasteiger partial charge is 0.257 e. The Hall–Kier alpha value is -2.21. The molecule has 1 aromatic heterocycles. The maximum atomic E-state index is 12.1. The first-order valence-electron chi connectivity index (χ1n) is 7.01. The number of nitrogens with zero attached hydrogens (tertiary/aromatic N) is 1. The second kappa shape index (κ2) is 6.70. The highest BCUT2D eigenvalue weighted by atomic mass is 32.2. The van der Waals surface area contributed by atoms with E-state index in [4.69, 9.17) is 4.74 Å². The van der Waals surface area contributed by atoms with Crippen molar-refractivity contribution in [3.8, 4) is 11.6 Å². The van der Waals surface area contributed by atoms with Crippen LogP contribution in [0.1, 0.15) is 16.8 Å². The first kappa shape index (κ1) is 14.7. The van der Waals surface area contributed by atoms with Crippen LogP contribution in [0, 0.1) is 0 Å². The third kappa shape index (κ3) is 3.71. The lowest BCUT2D eigenvalue weighted by Gasteiger charge is -2.11. The van der Waals surface area contributed by atoms with E-state index in [1.165, 1.54) is 18.3 Å². The van der Waals surface area contributed by atoms with Crippen molar-refractivity contribution < 1.29 is 14.6 Å². The Labute approximate surface area is 132 Å². The van der Waals surface area contributed by atoms with Crippen molar-refractivity contribution in [3.63, 3.8) is 0 Å². The maximum Gasteiger partial charge on any atom is 0.257 e. The SMILES string of the molecule is O=C(Nc1ccc(O)cc1)c1ccc(OC2CCSC2)nc1. The van der Waals surface area contributed by atoms with Crippen LogP contribution in [0.2, 0.25) is 0 Å². The summed E-state index contributed by atoms with van der Waals surface area (Å²) in [5, 5.41) is 12.0. The molecule has 1 atom stereocenters. The molecule has 1 unspecified atom stereocenters. The standard InChI is InChI=1S/C16H16N2O3S/c19-13-4-2-12(3-5-13)18-16(20)11-1-6-15(17-9-11)21-14-7-8-22-10-14/h1-6,9,14,19H,7-8,10H2,(H,18,20). The van der Waals surface area contributed by atoms with Gasteiger partial charge >= 0.3 is 0 Å². The van der Waals surface area contributed by atoms with E-state index in [2.05, 4.69) is 10.3 Å². The van der Waals surface area contributed by atoms with E-state index >= 15 is 0 Å². The molecule has 0 bridgehead atoms. The third-order valence-corrected chi connectivity index (χ3v) is 4.43. The zero-order chi connectivity index (χ0) is 15.4. The van der Waals surface area contributed by atoms with E-state index in [0.717, 1.165) is 17.9 Å². The number of pyridine rings is 1. The molecule has 1 fully saturated rings. The van der Waals surface area contributed by atoms with Crippen LogP contribution >= 0.6 is 11.8 Å². The number of carbonyl (C=O) groups is 1. The van der Waals surface area contributed by atoms with Gasteiger partial charge in [0.25, 0.3) is 5.91 Å². The molecule has 6 heteroatoms. The summed E-state index contributed by atoms with van der Waals surface area (Å²) >= 11 is 1.88. The van der Waals surface area contributed by atoms with Gasteiger partial charge in [0.1, 0.15) is 11.9 Å². The highest BCUT2D eigenvalue weighted by molar-refractivity contribution is 7.99. The van der Waals surface area contributed by atoms with E-state index in [1.807, 2.05) is 11.8 Å². The maximum absolute atomic E-state index is 12.1. The van der Waals surface area contributed by atoms with Gasteiger partial charge in [0.2, 0.25) is 5.88 Å². The minimum Gasteiger partial charge on any atom is -0.508 e. The molecule has 0 aliphatic carbocycles. The Morgan fingerprint density at radius 2 is 2.09 bits per heavy atom. The molecule has 114 valence electrons. The van der Waals surface area contributed by atoms with Crippen molar-refractivity contribution in [2.24, 2.45) is 0 Å². The van der Waals surface area contributed by atoms with E-state index in [9.17, 15) is 9.90 Å². The Morgan fingerprint density at radius 3 is 2.73 bits per heavy atom. The second-order valence-electron chi connectivity index (χ2n) is 4.99. The minimum absolute atomic E-state index is 0.159. The highest BCUT2D eigenvalue weighted by Crippen LogP contribution is 2.22. The summed E-state index contributed by atoms with van der Waals surface area (Å²) < 4.78 is 5.75. The lowest BCUT2D eigenvalue weighted by molar-refractivity contribution is 0.102. The number of anilines is 1. The summed E-state index contributed by atoms with van der Waals surface area (Å²) in [4.78, 5) is 16.3. The quantitative estimate of drug-likeness (QED) is 0.849. The van der Waals surface area contributed by atoms with E-state index < -0.39 is 0 Å². The van der Waals surface area contributed by atoms with Crippen LogP contribution < -0.4 is 10.1 Å². The fraction of sp³-hybridized carbons (Fsp3) is 0.250. The highest BCUT2D eigenvalue weighted by Gasteiger charge is 2.17. The van der Waals surface area contributed by atoms with Crippen LogP contribution in [-0.4, -0.2) is 33.6 Å². The second-order valence-corrected chi connectivity index (χ2v) is 6.14. The first-order valence-corrected chi connectivity index (χ1v) is 8.17. The number of aromatic nitrogens is 1. The number of thioether (sulfide) groups is 1. The predicted octanol–water partition coefficient (Wildman–Crippen LogP) is 2.92. The molecule has 2 aromatic rings. The fourth-order valence-electron chi connectivity index (χ4n) is 2.11. The molecule has 1 aliphatic rings. The lowest BCUT2D eigenvalue weighted by atomic mass is 10.2. The largest absolute Gasteiger partial charge is 0.508 e. The monoisotopic (exact) mass is 316 g/mol. The molecule has 1 saturated heterocycles. The van der Waals surface area contributed by atoms with E-state index in [1.54, 1.807) is 24.3 Å². The Kier molecular flexibility index (Phi) is 4.48. The molecule has 2 N–H and O–H groups in total. The molecule has 3 rings (SSSR count). The number of nitrogens with one attached hydrogen (secondary N) is 1. The molecule has 0 saturated carbocycles. The summed E-state index contributed by atoms with van der Waals surface area (Å²) in [6.45, 7) is 0.